The second-order valence-electron chi connectivity index (χ2n) is 4.15. The molecule has 0 bridgehead atoms. The minimum absolute atomic E-state index is 0.263. The predicted molar refractivity (Wildman–Crippen MR) is 70.9 cm³/mol. The minimum atomic E-state index is 0.263. The normalized spacial score (nSPS) is 12.6. The van der Waals surface area contributed by atoms with Gasteiger partial charge in [0.15, 0.2) is 11.0 Å². The molecule has 0 spiro atoms. The lowest BCUT2D eigenvalue weighted by molar-refractivity contribution is 0.181. The average molecular weight is 258 g/mol. The van der Waals surface area contributed by atoms with E-state index in [1.807, 2.05) is 13.8 Å². The molecule has 0 aliphatic heterocycles. The predicted octanol–water partition coefficient (Wildman–Crippen LogP) is 2.61. The molecular weight excluding hydrogens is 238 g/mol. The van der Waals surface area contributed by atoms with Crippen LogP contribution in [-0.2, 0) is 4.74 Å². The highest BCUT2D eigenvalue weighted by Crippen LogP contribution is 2.24. The molecular formula is C12H20ClN3O. The van der Waals surface area contributed by atoms with Crippen molar-refractivity contribution in [3.8, 4) is 0 Å². The Morgan fingerprint density at radius 2 is 1.94 bits per heavy atom. The van der Waals surface area contributed by atoms with Crippen LogP contribution in [0.1, 0.15) is 25.0 Å². The van der Waals surface area contributed by atoms with Gasteiger partial charge in [0, 0.05) is 13.7 Å². The third kappa shape index (κ3) is 3.07. The quantitative estimate of drug-likeness (QED) is 0.813. The van der Waals surface area contributed by atoms with E-state index in [-0.39, 0.29) is 6.04 Å². The Labute approximate surface area is 108 Å². The van der Waals surface area contributed by atoms with Crippen LogP contribution in [-0.4, -0.2) is 36.5 Å². The maximum Gasteiger partial charge on any atom is 0.155 e. The summed E-state index contributed by atoms with van der Waals surface area (Å²) in [5.41, 5.74) is 2.06. The number of anilines is 1. The number of likely N-dealkylation sites (N-methyl/N-ethyl adjacent to an activating group) is 1. The number of methoxy groups -OCH3 is 1. The number of ether oxygens (including phenoxy) is 1. The Bertz CT molecular complexity index is 384. The van der Waals surface area contributed by atoms with E-state index in [1.165, 1.54) is 0 Å². The van der Waals surface area contributed by atoms with Gasteiger partial charge < -0.3 is 9.64 Å². The van der Waals surface area contributed by atoms with Crippen molar-refractivity contribution in [1.29, 1.82) is 0 Å². The first kappa shape index (κ1) is 14.2. The molecule has 17 heavy (non-hydrogen) atoms. The fourth-order valence-electron chi connectivity index (χ4n) is 1.84. The molecule has 0 N–H and O–H groups in total. The lowest BCUT2D eigenvalue weighted by Crippen LogP contribution is -2.37. The van der Waals surface area contributed by atoms with Crippen LogP contribution in [0, 0.1) is 13.8 Å². The maximum atomic E-state index is 5.96. The zero-order valence-electron chi connectivity index (χ0n) is 11.1. The molecule has 5 heteroatoms. The number of rotatable bonds is 5. The molecule has 0 aliphatic rings. The summed E-state index contributed by atoms with van der Waals surface area (Å²) >= 11 is 5.96. The number of halogens is 1. The summed E-state index contributed by atoms with van der Waals surface area (Å²) < 4.78 is 5.19. The summed E-state index contributed by atoms with van der Waals surface area (Å²) in [5.74, 6) is 0.888. The molecule has 1 aromatic heterocycles. The van der Waals surface area contributed by atoms with Crippen LogP contribution in [0.3, 0.4) is 0 Å². The molecule has 1 rings (SSSR count). The topological polar surface area (TPSA) is 38.2 Å². The third-order valence-electron chi connectivity index (χ3n) is 2.99. The van der Waals surface area contributed by atoms with Gasteiger partial charge in [-0.15, -0.1) is 10.2 Å². The van der Waals surface area contributed by atoms with Crippen molar-refractivity contribution in [3.63, 3.8) is 0 Å². The van der Waals surface area contributed by atoms with E-state index in [2.05, 4.69) is 28.9 Å². The lowest BCUT2D eigenvalue weighted by atomic mass is 10.1. The smallest absolute Gasteiger partial charge is 0.155 e. The van der Waals surface area contributed by atoms with Crippen LogP contribution in [0.5, 0.6) is 0 Å². The van der Waals surface area contributed by atoms with E-state index in [1.54, 1.807) is 7.11 Å². The standard InChI is InChI=1S/C12H20ClN3O/c1-6-16(8(2)7-17-5)12-10(4)9(3)11(13)14-15-12/h8H,6-7H2,1-5H3. The summed E-state index contributed by atoms with van der Waals surface area (Å²) in [7, 11) is 1.70. The average Bonchev–Trinajstić information content (AvgIpc) is 2.30. The fourth-order valence-corrected chi connectivity index (χ4v) is 2.02. The van der Waals surface area contributed by atoms with E-state index in [0.29, 0.717) is 11.8 Å². The molecule has 1 unspecified atom stereocenters. The first-order chi connectivity index (χ1) is 8.02. The molecule has 0 saturated carbocycles. The maximum absolute atomic E-state index is 5.96. The summed E-state index contributed by atoms with van der Waals surface area (Å²) in [6.07, 6.45) is 0. The Balaban J connectivity index is 3.08. The van der Waals surface area contributed by atoms with Crippen LogP contribution in [0.25, 0.3) is 0 Å². The molecule has 1 aromatic rings. The second kappa shape index (κ2) is 6.17. The van der Waals surface area contributed by atoms with Crippen LogP contribution in [0.15, 0.2) is 0 Å². The minimum Gasteiger partial charge on any atom is -0.383 e. The molecule has 0 amide bonds. The zero-order valence-corrected chi connectivity index (χ0v) is 11.9. The van der Waals surface area contributed by atoms with Crippen molar-refractivity contribution in [1.82, 2.24) is 10.2 Å². The van der Waals surface area contributed by atoms with Gasteiger partial charge in [0.1, 0.15) is 0 Å². The monoisotopic (exact) mass is 257 g/mol. The first-order valence-corrected chi connectivity index (χ1v) is 6.15. The van der Waals surface area contributed by atoms with Crippen molar-refractivity contribution in [2.75, 3.05) is 25.2 Å². The van der Waals surface area contributed by atoms with Crippen molar-refractivity contribution >= 4 is 17.4 Å². The van der Waals surface area contributed by atoms with Crippen LogP contribution >= 0.6 is 11.6 Å². The van der Waals surface area contributed by atoms with Crippen molar-refractivity contribution in [3.05, 3.63) is 16.3 Å². The van der Waals surface area contributed by atoms with Gasteiger partial charge in [-0.05, 0) is 38.8 Å². The van der Waals surface area contributed by atoms with E-state index in [0.717, 1.165) is 23.5 Å². The van der Waals surface area contributed by atoms with Crippen LogP contribution < -0.4 is 4.90 Å². The second-order valence-corrected chi connectivity index (χ2v) is 4.51. The Kier molecular flexibility index (Phi) is 5.15. The SMILES string of the molecule is CCN(c1nnc(Cl)c(C)c1C)C(C)COC. The van der Waals surface area contributed by atoms with Gasteiger partial charge in [0.25, 0.3) is 0 Å². The molecule has 0 saturated heterocycles. The van der Waals surface area contributed by atoms with E-state index >= 15 is 0 Å². The third-order valence-corrected chi connectivity index (χ3v) is 3.35. The molecule has 1 heterocycles. The Morgan fingerprint density at radius 1 is 1.29 bits per heavy atom. The van der Waals surface area contributed by atoms with Gasteiger partial charge >= 0.3 is 0 Å². The van der Waals surface area contributed by atoms with Gasteiger partial charge in [-0.3, -0.25) is 0 Å². The van der Waals surface area contributed by atoms with Crippen molar-refractivity contribution in [2.45, 2.75) is 33.7 Å². The number of hydrogen-bond donors (Lipinski definition) is 0. The zero-order chi connectivity index (χ0) is 13.0. The van der Waals surface area contributed by atoms with Gasteiger partial charge in [0.05, 0.1) is 12.6 Å². The highest BCUT2D eigenvalue weighted by atomic mass is 35.5. The number of hydrogen-bond acceptors (Lipinski definition) is 4. The summed E-state index contributed by atoms with van der Waals surface area (Å²) in [6.45, 7) is 9.71. The first-order valence-electron chi connectivity index (χ1n) is 5.77. The van der Waals surface area contributed by atoms with Gasteiger partial charge in [-0.25, -0.2) is 0 Å². The van der Waals surface area contributed by atoms with Crippen LogP contribution in [0.4, 0.5) is 5.82 Å². The number of nitrogens with zero attached hydrogens (tertiary/aromatic N) is 3. The molecule has 0 aliphatic carbocycles. The molecule has 0 aromatic carbocycles. The van der Waals surface area contributed by atoms with Gasteiger partial charge in [-0.1, -0.05) is 11.6 Å². The molecule has 1 atom stereocenters. The summed E-state index contributed by atoms with van der Waals surface area (Å²) in [5, 5.41) is 8.66. The fraction of sp³-hybridized carbons (Fsp3) is 0.667. The van der Waals surface area contributed by atoms with E-state index in [4.69, 9.17) is 16.3 Å². The van der Waals surface area contributed by atoms with E-state index in [9.17, 15) is 0 Å². The van der Waals surface area contributed by atoms with Crippen molar-refractivity contribution in [2.24, 2.45) is 0 Å². The summed E-state index contributed by atoms with van der Waals surface area (Å²) in [4.78, 5) is 2.18. The Morgan fingerprint density at radius 3 is 2.47 bits per heavy atom. The Hall–Kier alpha value is -0.870. The molecule has 0 radical (unpaired) electrons. The lowest BCUT2D eigenvalue weighted by Gasteiger charge is -2.29. The van der Waals surface area contributed by atoms with E-state index < -0.39 is 0 Å². The highest BCUT2D eigenvalue weighted by molar-refractivity contribution is 6.30. The van der Waals surface area contributed by atoms with Gasteiger partial charge in [0.2, 0.25) is 0 Å². The largest absolute Gasteiger partial charge is 0.383 e. The van der Waals surface area contributed by atoms with Crippen molar-refractivity contribution < 1.29 is 4.74 Å². The molecule has 0 fully saturated rings. The molecule has 96 valence electrons. The summed E-state index contributed by atoms with van der Waals surface area (Å²) in [6, 6.07) is 0.263. The highest BCUT2D eigenvalue weighted by Gasteiger charge is 2.18. The van der Waals surface area contributed by atoms with Gasteiger partial charge in [-0.2, -0.15) is 0 Å². The molecule has 4 nitrogen and oxygen atoms in total. The number of aromatic nitrogens is 2. The van der Waals surface area contributed by atoms with Crippen LogP contribution in [0.2, 0.25) is 5.15 Å².